The summed E-state index contributed by atoms with van der Waals surface area (Å²) >= 11 is 0. The van der Waals surface area contributed by atoms with E-state index in [4.69, 9.17) is 20.3 Å². The number of ether oxygens (including phenoxy) is 2. The lowest BCUT2D eigenvalue weighted by molar-refractivity contribution is -0.117. The van der Waals surface area contributed by atoms with E-state index >= 15 is 0 Å². The van der Waals surface area contributed by atoms with Crippen LogP contribution in [0.15, 0.2) is 12.1 Å². The fraction of sp³-hybridized carbons (Fsp3) is 0.231. The molecule has 0 aliphatic heterocycles. The van der Waals surface area contributed by atoms with Crippen molar-refractivity contribution >= 4 is 11.9 Å². The molecule has 0 fully saturated rings. The number of methoxy groups -OCH3 is 2. The van der Waals surface area contributed by atoms with E-state index in [1.807, 2.05) is 0 Å². The molecule has 1 aromatic rings. The predicted molar refractivity (Wildman–Crippen MR) is 67.2 cm³/mol. The first-order chi connectivity index (χ1) is 8.99. The van der Waals surface area contributed by atoms with Gasteiger partial charge in [0.05, 0.1) is 26.2 Å². The molecule has 100 valence electrons. The van der Waals surface area contributed by atoms with E-state index in [-0.39, 0.29) is 23.5 Å². The summed E-state index contributed by atoms with van der Waals surface area (Å²) in [5.41, 5.74) is 5.37. The number of amides is 1. The van der Waals surface area contributed by atoms with Gasteiger partial charge in [-0.1, -0.05) is 11.8 Å². The molecule has 0 atom stereocenters. The highest BCUT2D eigenvalue weighted by atomic mass is 16.5. The van der Waals surface area contributed by atoms with Gasteiger partial charge in [-0.05, 0) is 12.1 Å². The lowest BCUT2D eigenvalue weighted by atomic mass is 10.1. The molecule has 3 N–H and O–H groups in total. The minimum Gasteiger partial charge on any atom is -0.495 e. The van der Waals surface area contributed by atoms with Gasteiger partial charge in [0.15, 0.2) is 0 Å². The van der Waals surface area contributed by atoms with E-state index < -0.39 is 11.9 Å². The molecule has 0 heterocycles. The number of nitrogens with two attached hydrogens (primary N) is 1. The molecule has 6 heteroatoms. The largest absolute Gasteiger partial charge is 0.495 e. The zero-order chi connectivity index (χ0) is 14.4. The predicted octanol–water partition coefficient (Wildman–Crippen LogP) is 0.629. The molecule has 0 spiro atoms. The second-order valence-electron chi connectivity index (χ2n) is 3.51. The minimum atomic E-state index is -1.10. The highest BCUT2D eigenvalue weighted by Crippen LogP contribution is 2.29. The molecule has 0 radical (unpaired) electrons. The van der Waals surface area contributed by atoms with Crippen molar-refractivity contribution in [2.45, 2.75) is 6.42 Å². The highest BCUT2D eigenvalue weighted by Gasteiger charge is 2.14. The zero-order valence-electron chi connectivity index (χ0n) is 10.5. The van der Waals surface area contributed by atoms with Crippen LogP contribution in [0.5, 0.6) is 11.5 Å². The number of benzene rings is 1. The molecule has 0 bridgehead atoms. The number of carboxylic acids is 1. The van der Waals surface area contributed by atoms with Gasteiger partial charge in [-0.3, -0.25) is 4.79 Å². The summed E-state index contributed by atoms with van der Waals surface area (Å²) in [5.74, 6) is 4.12. The van der Waals surface area contributed by atoms with Crippen LogP contribution in [0.25, 0.3) is 0 Å². The maximum Gasteiger partial charge on any atom is 0.335 e. The normalized spacial score (nSPS) is 9.16. The average molecular weight is 263 g/mol. The maximum atomic E-state index is 10.9. The first kappa shape index (κ1) is 14.4. The second-order valence-corrected chi connectivity index (χ2v) is 3.51. The topological polar surface area (TPSA) is 98.8 Å². The molecular formula is C13H13NO5. The maximum absolute atomic E-state index is 10.9. The van der Waals surface area contributed by atoms with Crippen LogP contribution >= 0.6 is 0 Å². The first-order valence-corrected chi connectivity index (χ1v) is 5.26. The monoisotopic (exact) mass is 263 g/mol. The third kappa shape index (κ3) is 3.64. The number of primary amides is 1. The van der Waals surface area contributed by atoms with Crippen molar-refractivity contribution in [1.82, 2.24) is 0 Å². The Labute approximate surface area is 110 Å². The fourth-order valence-electron chi connectivity index (χ4n) is 1.38. The third-order valence-corrected chi connectivity index (χ3v) is 2.23. The Bertz CT molecular complexity index is 543. The molecule has 1 aromatic carbocycles. The summed E-state index contributed by atoms with van der Waals surface area (Å²) in [7, 11) is 2.78. The van der Waals surface area contributed by atoms with Gasteiger partial charge in [-0.15, -0.1) is 0 Å². The summed E-state index contributed by atoms with van der Waals surface area (Å²) in [6.45, 7) is 0. The summed E-state index contributed by atoms with van der Waals surface area (Å²) in [6.07, 6.45) is -0.104. The van der Waals surface area contributed by atoms with Crippen LogP contribution in [0, 0.1) is 11.8 Å². The Kier molecular flexibility index (Phi) is 4.77. The number of carboxylic acid groups (broad SMARTS) is 1. The van der Waals surface area contributed by atoms with Crippen molar-refractivity contribution in [3.63, 3.8) is 0 Å². The van der Waals surface area contributed by atoms with Crippen molar-refractivity contribution < 1.29 is 24.2 Å². The smallest absolute Gasteiger partial charge is 0.335 e. The van der Waals surface area contributed by atoms with E-state index in [1.54, 1.807) is 0 Å². The fourth-order valence-corrected chi connectivity index (χ4v) is 1.38. The van der Waals surface area contributed by atoms with E-state index in [0.717, 1.165) is 0 Å². The van der Waals surface area contributed by atoms with E-state index in [1.165, 1.54) is 26.4 Å². The number of hydrogen-bond acceptors (Lipinski definition) is 4. The second kappa shape index (κ2) is 6.31. The standard InChI is InChI=1S/C13H13NO5/c1-18-10-6-8(13(16)17)7-11(19-2)9(10)4-3-5-12(14)15/h6-7H,5H2,1-2H3,(H2,14,15)(H,16,17). The van der Waals surface area contributed by atoms with E-state index in [2.05, 4.69) is 11.8 Å². The molecule has 0 aliphatic rings. The van der Waals surface area contributed by atoms with Crippen LogP contribution in [0.1, 0.15) is 22.3 Å². The first-order valence-electron chi connectivity index (χ1n) is 5.26. The number of carbonyl (C=O) groups is 2. The zero-order valence-corrected chi connectivity index (χ0v) is 10.5. The Morgan fingerprint density at radius 1 is 1.26 bits per heavy atom. The molecular weight excluding hydrogens is 250 g/mol. The van der Waals surface area contributed by atoms with E-state index in [0.29, 0.717) is 5.56 Å². The Hall–Kier alpha value is -2.68. The van der Waals surface area contributed by atoms with Gasteiger partial charge in [0.25, 0.3) is 0 Å². The Balaban J connectivity index is 3.31. The number of aromatic carboxylic acids is 1. The highest BCUT2D eigenvalue weighted by molar-refractivity contribution is 5.89. The lowest BCUT2D eigenvalue weighted by Crippen LogP contribution is -2.08. The van der Waals surface area contributed by atoms with Gasteiger partial charge < -0.3 is 20.3 Å². The Morgan fingerprint density at radius 3 is 2.16 bits per heavy atom. The molecule has 1 rings (SSSR count). The van der Waals surface area contributed by atoms with Crippen LogP contribution in [-0.4, -0.2) is 31.2 Å². The van der Waals surface area contributed by atoms with Crippen molar-refractivity contribution in [3.05, 3.63) is 23.3 Å². The number of carbonyl (C=O) groups excluding carboxylic acids is 1. The Morgan fingerprint density at radius 2 is 1.79 bits per heavy atom. The molecule has 6 nitrogen and oxygen atoms in total. The van der Waals surface area contributed by atoms with Crippen LogP contribution in [0.3, 0.4) is 0 Å². The van der Waals surface area contributed by atoms with Gasteiger partial charge in [0, 0.05) is 0 Å². The molecule has 19 heavy (non-hydrogen) atoms. The lowest BCUT2D eigenvalue weighted by Gasteiger charge is -2.10. The van der Waals surface area contributed by atoms with Crippen molar-refractivity contribution in [3.8, 4) is 23.3 Å². The molecule has 1 amide bonds. The molecule has 0 aliphatic carbocycles. The summed E-state index contributed by atoms with van der Waals surface area (Å²) < 4.78 is 10.1. The van der Waals surface area contributed by atoms with Gasteiger partial charge in [0.2, 0.25) is 5.91 Å². The summed E-state index contributed by atoms with van der Waals surface area (Å²) in [4.78, 5) is 21.6. The quantitative estimate of drug-likeness (QED) is 0.776. The van der Waals surface area contributed by atoms with Gasteiger partial charge >= 0.3 is 5.97 Å². The van der Waals surface area contributed by atoms with Crippen LogP contribution in [-0.2, 0) is 4.79 Å². The number of hydrogen-bond donors (Lipinski definition) is 2. The molecule has 0 unspecified atom stereocenters. The van der Waals surface area contributed by atoms with Gasteiger partial charge in [-0.25, -0.2) is 4.79 Å². The van der Waals surface area contributed by atoms with Crippen molar-refractivity contribution in [2.24, 2.45) is 5.73 Å². The van der Waals surface area contributed by atoms with Crippen LogP contribution in [0.4, 0.5) is 0 Å². The molecule has 0 saturated carbocycles. The minimum absolute atomic E-state index is 0.0224. The van der Waals surface area contributed by atoms with Crippen molar-refractivity contribution in [1.29, 1.82) is 0 Å². The van der Waals surface area contributed by atoms with Crippen molar-refractivity contribution in [2.75, 3.05) is 14.2 Å². The third-order valence-electron chi connectivity index (χ3n) is 2.23. The van der Waals surface area contributed by atoms with Crippen LogP contribution in [0.2, 0.25) is 0 Å². The van der Waals surface area contributed by atoms with Gasteiger partial charge in [-0.2, -0.15) is 0 Å². The van der Waals surface area contributed by atoms with Crippen LogP contribution < -0.4 is 15.2 Å². The summed E-state index contributed by atoms with van der Waals surface area (Å²) in [6, 6.07) is 2.66. The van der Waals surface area contributed by atoms with E-state index in [9.17, 15) is 9.59 Å². The summed E-state index contributed by atoms with van der Waals surface area (Å²) in [5, 5.41) is 8.96. The average Bonchev–Trinajstić information content (AvgIpc) is 2.37. The van der Waals surface area contributed by atoms with Gasteiger partial charge in [0.1, 0.15) is 17.1 Å². The molecule has 0 aromatic heterocycles. The SMILES string of the molecule is COc1cc(C(=O)O)cc(OC)c1C#CCC(N)=O. The molecule has 0 saturated heterocycles. The number of rotatable bonds is 4.